The Labute approximate surface area is 102 Å². The molecule has 0 radical (unpaired) electrons. The molecule has 0 N–H and O–H groups in total. The number of hydrogen-bond acceptors (Lipinski definition) is 2. The molecule has 1 aliphatic carbocycles. The Kier molecular flexibility index (Phi) is 2.58. The summed E-state index contributed by atoms with van der Waals surface area (Å²) in [6.45, 7) is 6.48. The predicted octanol–water partition coefficient (Wildman–Crippen LogP) is 3.11. The van der Waals surface area contributed by atoms with Gasteiger partial charge in [0, 0.05) is 12.8 Å². The fourth-order valence-corrected chi connectivity index (χ4v) is 2.26. The van der Waals surface area contributed by atoms with E-state index in [1.807, 2.05) is 12.1 Å². The van der Waals surface area contributed by atoms with Gasteiger partial charge in [0.25, 0.3) is 0 Å². The Morgan fingerprint density at radius 2 is 1.71 bits per heavy atom. The van der Waals surface area contributed by atoms with Gasteiger partial charge >= 0.3 is 0 Å². The van der Waals surface area contributed by atoms with Crippen molar-refractivity contribution in [2.24, 2.45) is 0 Å². The average Bonchev–Trinajstić information content (AvgIpc) is 2.23. The van der Waals surface area contributed by atoms with Crippen LogP contribution in [0.25, 0.3) is 0 Å². The monoisotopic (exact) mass is 227 g/mol. The molecular weight excluding hydrogens is 210 g/mol. The molecule has 2 rings (SSSR count). The average molecular weight is 227 g/mol. The molecule has 0 amide bonds. The van der Waals surface area contributed by atoms with Crippen LogP contribution < -0.4 is 0 Å². The molecule has 0 heterocycles. The van der Waals surface area contributed by atoms with E-state index in [2.05, 4.69) is 39.0 Å². The lowest BCUT2D eigenvalue weighted by Crippen LogP contribution is -2.40. The van der Waals surface area contributed by atoms with Crippen molar-refractivity contribution in [3.63, 3.8) is 0 Å². The second kappa shape index (κ2) is 3.70. The molecule has 0 aromatic heterocycles. The lowest BCUT2D eigenvalue weighted by molar-refractivity contribution is -0.126. The summed E-state index contributed by atoms with van der Waals surface area (Å²) in [5.41, 5.74) is 1.80. The molecule has 0 bridgehead atoms. The summed E-state index contributed by atoms with van der Waals surface area (Å²) < 4.78 is 0. The molecule has 2 nitrogen and oxygen atoms in total. The van der Waals surface area contributed by atoms with Crippen LogP contribution in [0.4, 0.5) is 0 Å². The van der Waals surface area contributed by atoms with Gasteiger partial charge in [0.05, 0.1) is 11.5 Å². The SMILES string of the molecule is CC(C)(C)c1ccc(C2(C#N)CC(=O)C2)cc1. The van der Waals surface area contributed by atoms with Crippen molar-refractivity contribution in [1.29, 1.82) is 5.26 Å². The van der Waals surface area contributed by atoms with Crippen LogP contribution in [0.2, 0.25) is 0 Å². The maximum atomic E-state index is 11.1. The summed E-state index contributed by atoms with van der Waals surface area (Å²) in [6.07, 6.45) is 0.747. The van der Waals surface area contributed by atoms with Gasteiger partial charge in [0.2, 0.25) is 0 Å². The van der Waals surface area contributed by atoms with Crippen molar-refractivity contribution in [3.05, 3.63) is 35.4 Å². The first-order valence-electron chi connectivity index (χ1n) is 5.91. The fraction of sp³-hybridized carbons (Fsp3) is 0.467. The summed E-state index contributed by atoms with van der Waals surface area (Å²) in [5.74, 6) is 0.187. The highest BCUT2D eigenvalue weighted by Gasteiger charge is 2.45. The number of Topliss-reactive ketones (excluding diaryl/α,β-unsaturated/α-hetero) is 1. The van der Waals surface area contributed by atoms with Crippen molar-refractivity contribution < 1.29 is 4.79 Å². The normalized spacial score (nSPS) is 18.4. The van der Waals surface area contributed by atoms with E-state index in [-0.39, 0.29) is 11.2 Å². The Balaban J connectivity index is 2.31. The Morgan fingerprint density at radius 3 is 2.06 bits per heavy atom. The van der Waals surface area contributed by atoms with Gasteiger partial charge in [-0.25, -0.2) is 0 Å². The van der Waals surface area contributed by atoms with Crippen molar-refractivity contribution in [2.75, 3.05) is 0 Å². The largest absolute Gasteiger partial charge is 0.300 e. The predicted molar refractivity (Wildman–Crippen MR) is 66.7 cm³/mol. The summed E-state index contributed by atoms with van der Waals surface area (Å²) >= 11 is 0. The quantitative estimate of drug-likeness (QED) is 0.739. The molecule has 0 aliphatic heterocycles. The van der Waals surface area contributed by atoms with Crippen LogP contribution in [0.15, 0.2) is 24.3 Å². The molecule has 0 spiro atoms. The van der Waals surface area contributed by atoms with Gasteiger partial charge in [-0.15, -0.1) is 0 Å². The second-order valence-corrected chi connectivity index (χ2v) is 5.91. The van der Waals surface area contributed by atoms with Crippen LogP contribution in [-0.2, 0) is 15.6 Å². The van der Waals surface area contributed by atoms with Crippen molar-refractivity contribution in [1.82, 2.24) is 0 Å². The van der Waals surface area contributed by atoms with E-state index in [1.54, 1.807) is 0 Å². The van der Waals surface area contributed by atoms with Gasteiger partial charge in [-0.1, -0.05) is 45.0 Å². The van der Waals surface area contributed by atoms with E-state index in [4.69, 9.17) is 0 Å². The summed E-state index contributed by atoms with van der Waals surface area (Å²) in [7, 11) is 0. The number of ketones is 1. The molecule has 0 unspecified atom stereocenters. The molecule has 1 fully saturated rings. The van der Waals surface area contributed by atoms with Gasteiger partial charge in [-0.05, 0) is 16.5 Å². The van der Waals surface area contributed by atoms with Crippen molar-refractivity contribution >= 4 is 5.78 Å². The van der Waals surface area contributed by atoms with Crippen LogP contribution in [0.5, 0.6) is 0 Å². The van der Waals surface area contributed by atoms with Gasteiger partial charge < -0.3 is 0 Å². The van der Waals surface area contributed by atoms with Gasteiger partial charge in [0.15, 0.2) is 0 Å². The summed E-state index contributed by atoms with van der Waals surface area (Å²) in [5, 5.41) is 9.23. The lowest BCUT2D eigenvalue weighted by atomic mass is 9.64. The van der Waals surface area contributed by atoms with Crippen molar-refractivity contribution in [3.8, 4) is 6.07 Å². The molecule has 1 aliphatic rings. The highest BCUT2D eigenvalue weighted by molar-refractivity contribution is 5.90. The number of hydrogen-bond donors (Lipinski definition) is 0. The number of rotatable bonds is 1. The molecule has 0 atom stereocenters. The van der Waals surface area contributed by atoms with Gasteiger partial charge in [-0.2, -0.15) is 5.26 Å². The first-order valence-corrected chi connectivity index (χ1v) is 5.91. The zero-order chi connectivity index (χ0) is 12.7. The van der Waals surface area contributed by atoms with E-state index in [0.29, 0.717) is 12.8 Å². The maximum Gasteiger partial charge on any atom is 0.136 e. The maximum absolute atomic E-state index is 11.1. The Bertz CT molecular complexity index is 477. The fourth-order valence-electron chi connectivity index (χ4n) is 2.26. The molecule has 0 saturated heterocycles. The van der Waals surface area contributed by atoms with E-state index in [9.17, 15) is 10.1 Å². The van der Waals surface area contributed by atoms with Crippen LogP contribution in [0.3, 0.4) is 0 Å². The second-order valence-electron chi connectivity index (χ2n) is 5.91. The number of carbonyl (C=O) groups excluding carboxylic acids is 1. The molecule has 1 aromatic rings. The summed E-state index contributed by atoms with van der Waals surface area (Å²) in [6, 6.07) is 10.4. The third-order valence-corrected chi connectivity index (χ3v) is 3.52. The first-order chi connectivity index (χ1) is 7.87. The lowest BCUT2D eigenvalue weighted by Gasteiger charge is -2.34. The minimum atomic E-state index is -0.548. The van der Waals surface area contributed by atoms with E-state index >= 15 is 0 Å². The van der Waals surface area contributed by atoms with Gasteiger partial charge in [0.1, 0.15) is 5.78 Å². The summed E-state index contributed by atoms with van der Waals surface area (Å²) in [4.78, 5) is 11.1. The zero-order valence-electron chi connectivity index (χ0n) is 10.6. The zero-order valence-corrected chi connectivity index (χ0v) is 10.6. The standard InChI is InChI=1S/C15H17NO/c1-14(2,3)11-4-6-12(7-5-11)15(10-16)8-13(17)9-15/h4-7H,8-9H2,1-3H3. The molecule has 17 heavy (non-hydrogen) atoms. The molecule has 88 valence electrons. The third kappa shape index (κ3) is 1.98. The number of benzene rings is 1. The molecule has 1 aromatic carbocycles. The molecule has 1 saturated carbocycles. The van der Waals surface area contributed by atoms with Crippen LogP contribution in [-0.4, -0.2) is 5.78 Å². The molecular formula is C15H17NO. The number of carbonyl (C=O) groups is 1. The van der Waals surface area contributed by atoms with Crippen LogP contribution in [0, 0.1) is 11.3 Å². The van der Waals surface area contributed by atoms with Crippen LogP contribution >= 0.6 is 0 Å². The smallest absolute Gasteiger partial charge is 0.136 e. The number of nitrogens with zero attached hydrogens (tertiary/aromatic N) is 1. The highest BCUT2D eigenvalue weighted by Crippen LogP contribution is 2.41. The van der Waals surface area contributed by atoms with Crippen LogP contribution in [0.1, 0.15) is 44.7 Å². The molecule has 2 heteroatoms. The Morgan fingerprint density at radius 1 is 1.18 bits per heavy atom. The van der Waals surface area contributed by atoms with E-state index < -0.39 is 5.41 Å². The minimum absolute atomic E-state index is 0.119. The van der Waals surface area contributed by atoms with Gasteiger partial charge in [-0.3, -0.25) is 4.79 Å². The minimum Gasteiger partial charge on any atom is -0.300 e. The van der Waals surface area contributed by atoms with E-state index in [0.717, 1.165) is 5.56 Å². The topological polar surface area (TPSA) is 40.9 Å². The Hall–Kier alpha value is -1.62. The number of nitriles is 1. The first kappa shape index (κ1) is 11.9. The van der Waals surface area contributed by atoms with Crippen molar-refractivity contribution in [2.45, 2.75) is 44.4 Å². The highest BCUT2D eigenvalue weighted by atomic mass is 16.1. The van der Waals surface area contributed by atoms with E-state index in [1.165, 1.54) is 5.56 Å². The third-order valence-electron chi connectivity index (χ3n) is 3.52.